The molecular weight excluding hydrogens is 298 g/mol. The molecule has 1 aromatic heterocycles. The highest BCUT2D eigenvalue weighted by molar-refractivity contribution is 7.78. The molecule has 22 heavy (non-hydrogen) atoms. The molecule has 0 fully saturated rings. The van der Waals surface area contributed by atoms with Gasteiger partial charge in [-0.2, -0.15) is 0 Å². The second-order valence-electron chi connectivity index (χ2n) is 4.98. The smallest absolute Gasteiger partial charge is 0.251 e. The number of fused-ring (bicyclic) bond motifs is 1. The molecule has 5 nitrogen and oxygen atoms in total. The fraction of sp³-hybridized carbons (Fsp3) is 0.125. The predicted octanol–water partition coefficient (Wildman–Crippen LogP) is 2.17. The molecule has 0 radical (unpaired) electrons. The summed E-state index contributed by atoms with van der Waals surface area (Å²) in [6, 6.07) is 11.1. The summed E-state index contributed by atoms with van der Waals surface area (Å²) in [5, 5.41) is 14.9. The number of amides is 1. The standard InChI is InChI=1S/C16H15N3O2S/c1-17-16(21)13-5-3-10-6-12(4-2-11(10)7-13)15(20)14-8-19(22)9-18-14/h2-9,15,20,22H,1H3,(H,17,21). The summed E-state index contributed by atoms with van der Waals surface area (Å²) < 4.78 is 1.50. The van der Waals surface area contributed by atoms with Crippen LogP contribution in [0.5, 0.6) is 0 Å². The Morgan fingerprint density at radius 2 is 2.00 bits per heavy atom. The molecule has 0 spiro atoms. The molecule has 3 aromatic rings. The molecule has 1 unspecified atom stereocenters. The SMILES string of the molecule is CNC(=O)c1ccc2cc(C(O)c3cn(S)cn3)ccc2c1. The lowest BCUT2D eigenvalue weighted by atomic mass is 10.0. The maximum atomic E-state index is 11.7. The van der Waals surface area contributed by atoms with E-state index in [1.165, 1.54) is 10.3 Å². The number of hydrogen-bond donors (Lipinski definition) is 3. The van der Waals surface area contributed by atoms with E-state index in [2.05, 4.69) is 23.1 Å². The molecular formula is C16H15N3O2S. The largest absolute Gasteiger partial charge is 0.382 e. The van der Waals surface area contributed by atoms with Gasteiger partial charge in [-0.3, -0.25) is 8.77 Å². The van der Waals surface area contributed by atoms with Crippen molar-refractivity contribution in [2.75, 3.05) is 7.05 Å². The third-order valence-electron chi connectivity index (χ3n) is 3.54. The van der Waals surface area contributed by atoms with E-state index in [1.54, 1.807) is 19.3 Å². The molecule has 1 amide bonds. The summed E-state index contributed by atoms with van der Waals surface area (Å²) in [7, 11) is 1.60. The van der Waals surface area contributed by atoms with E-state index in [1.807, 2.05) is 30.3 Å². The van der Waals surface area contributed by atoms with Gasteiger partial charge >= 0.3 is 0 Å². The van der Waals surface area contributed by atoms with Crippen molar-refractivity contribution in [1.82, 2.24) is 14.3 Å². The molecule has 112 valence electrons. The highest BCUT2D eigenvalue weighted by Crippen LogP contribution is 2.25. The van der Waals surface area contributed by atoms with Crippen molar-refractivity contribution in [3.05, 3.63) is 65.7 Å². The lowest BCUT2D eigenvalue weighted by Gasteiger charge is -2.10. The van der Waals surface area contributed by atoms with Crippen molar-refractivity contribution in [3.8, 4) is 0 Å². The quantitative estimate of drug-likeness (QED) is 0.649. The molecule has 0 bridgehead atoms. The Hall–Kier alpha value is -2.31. The zero-order valence-electron chi connectivity index (χ0n) is 11.9. The zero-order valence-corrected chi connectivity index (χ0v) is 12.8. The Labute approximate surface area is 133 Å². The Kier molecular flexibility index (Phi) is 3.87. The van der Waals surface area contributed by atoms with Crippen LogP contribution in [0.15, 0.2) is 48.9 Å². The van der Waals surface area contributed by atoms with Crippen LogP contribution in [0, 0.1) is 0 Å². The van der Waals surface area contributed by atoms with Crippen molar-refractivity contribution in [2.45, 2.75) is 6.10 Å². The number of nitrogens with zero attached hydrogens (tertiary/aromatic N) is 2. The first-order valence-electron chi connectivity index (χ1n) is 6.75. The fourth-order valence-corrected chi connectivity index (χ4v) is 2.53. The number of carbonyl (C=O) groups excluding carboxylic acids is 1. The Morgan fingerprint density at radius 1 is 1.27 bits per heavy atom. The average molecular weight is 313 g/mol. The first-order chi connectivity index (χ1) is 10.6. The minimum atomic E-state index is -0.809. The van der Waals surface area contributed by atoms with E-state index in [4.69, 9.17) is 0 Å². The molecule has 1 atom stereocenters. The van der Waals surface area contributed by atoms with Gasteiger partial charge in [0.25, 0.3) is 5.91 Å². The number of hydrogen-bond acceptors (Lipinski definition) is 4. The summed E-state index contributed by atoms with van der Waals surface area (Å²) >= 11 is 4.12. The molecule has 0 aliphatic heterocycles. The summed E-state index contributed by atoms with van der Waals surface area (Å²) in [6.07, 6.45) is 2.38. The number of aliphatic hydroxyl groups is 1. The van der Waals surface area contributed by atoms with E-state index in [0.717, 1.165) is 16.3 Å². The van der Waals surface area contributed by atoms with E-state index in [0.29, 0.717) is 11.3 Å². The van der Waals surface area contributed by atoms with Gasteiger partial charge in [-0.05, 0) is 34.5 Å². The Balaban J connectivity index is 1.98. The van der Waals surface area contributed by atoms with Crippen molar-refractivity contribution in [1.29, 1.82) is 0 Å². The van der Waals surface area contributed by atoms with Crippen LogP contribution in [0.2, 0.25) is 0 Å². The maximum absolute atomic E-state index is 11.7. The molecule has 0 aliphatic rings. The van der Waals surface area contributed by atoms with Crippen LogP contribution in [0.25, 0.3) is 10.8 Å². The summed E-state index contributed by atoms with van der Waals surface area (Å²) in [6.45, 7) is 0. The number of carbonyl (C=O) groups is 1. The molecule has 1 heterocycles. The molecule has 2 N–H and O–H groups in total. The fourth-order valence-electron chi connectivity index (χ4n) is 2.36. The number of nitrogens with one attached hydrogen (secondary N) is 1. The summed E-state index contributed by atoms with van der Waals surface area (Å²) in [5.41, 5.74) is 1.89. The number of rotatable bonds is 3. The third kappa shape index (κ3) is 2.70. The first-order valence-corrected chi connectivity index (χ1v) is 7.15. The average Bonchev–Trinajstić information content (AvgIpc) is 2.98. The second-order valence-corrected chi connectivity index (χ2v) is 5.44. The van der Waals surface area contributed by atoms with E-state index >= 15 is 0 Å². The molecule has 0 aliphatic carbocycles. The van der Waals surface area contributed by atoms with Crippen molar-refractivity contribution in [2.24, 2.45) is 0 Å². The number of imidazole rings is 1. The van der Waals surface area contributed by atoms with Crippen LogP contribution < -0.4 is 5.32 Å². The molecule has 2 aromatic carbocycles. The zero-order chi connectivity index (χ0) is 15.7. The summed E-state index contributed by atoms with van der Waals surface area (Å²) in [4.78, 5) is 15.8. The van der Waals surface area contributed by atoms with E-state index < -0.39 is 6.10 Å². The number of aromatic nitrogens is 2. The van der Waals surface area contributed by atoms with Crippen LogP contribution in [0.4, 0.5) is 0 Å². The van der Waals surface area contributed by atoms with Gasteiger partial charge < -0.3 is 10.4 Å². The second kappa shape index (κ2) is 5.82. The van der Waals surface area contributed by atoms with Crippen LogP contribution in [-0.4, -0.2) is 27.0 Å². The van der Waals surface area contributed by atoms with Gasteiger partial charge in [0.2, 0.25) is 0 Å². The van der Waals surface area contributed by atoms with Gasteiger partial charge in [0, 0.05) is 18.8 Å². The lowest BCUT2D eigenvalue weighted by molar-refractivity contribution is 0.0963. The van der Waals surface area contributed by atoms with Gasteiger partial charge in [-0.25, -0.2) is 4.98 Å². The number of thiol groups is 1. The minimum Gasteiger partial charge on any atom is -0.382 e. The molecule has 0 saturated carbocycles. The topological polar surface area (TPSA) is 67.2 Å². The molecule has 6 heteroatoms. The molecule has 3 rings (SSSR count). The lowest BCUT2D eigenvalue weighted by Crippen LogP contribution is -2.17. The van der Waals surface area contributed by atoms with Gasteiger partial charge in [0.05, 0.1) is 5.69 Å². The van der Waals surface area contributed by atoms with Crippen molar-refractivity contribution in [3.63, 3.8) is 0 Å². The van der Waals surface area contributed by atoms with Gasteiger partial charge in [0.15, 0.2) is 0 Å². The minimum absolute atomic E-state index is 0.120. The van der Waals surface area contributed by atoms with Crippen LogP contribution in [-0.2, 0) is 0 Å². The highest BCUT2D eigenvalue weighted by Gasteiger charge is 2.14. The highest BCUT2D eigenvalue weighted by atomic mass is 32.1. The van der Waals surface area contributed by atoms with Crippen LogP contribution in [0.1, 0.15) is 27.7 Å². The Bertz CT molecular complexity index is 844. The normalized spacial score (nSPS) is 12.3. The van der Waals surface area contributed by atoms with Gasteiger partial charge in [0.1, 0.15) is 12.4 Å². The monoisotopic (exact) mass is 313 g/mol. The van der Waals surface area contributed by atoms with Gasteiger partial charge in [-0.1, -0.05) is 31.0 Å². The van der Waals surface area contributed by atoms with Crippen molar-refractivity contribution < 1.29 is 9.90 Å². The third-order valence-corrected chi connectivity index (χ3v) is 3.76. The Morgan fingerprint density at radius 3 is 2.68 bits per heavy atom. The van der Waals surface area contributed by atoms with Crippen LogP contribution in [0.3, 0.4) is 0 Å². The van der Waals surface area contributed by atoms with Crippen molar-refractivity contribution >= 4 is 29.5 Å². The maximum Gasteiger partial charge on any atom is 0.251 e. The summed E-state index contributed by atoms with van der Waals surface area (Å²) in [5.74, 6) is -0.120. The number of benzene rings is 2. The van der Waals surface area contributed by atoms with E-state index in [9.17, 15) is 9.90 Å². The predicted molar refractivity (Wildman–Crippen MR) is 88.0 cm³/mol. The van der Waals surface area contributed by atoms with E-state index in [-0.39, 0.29) is 5.91 Å². The van der Waals surface area contributed by atoms with Crippen LogP contribution >= 0.6 is 12.8 Å². The number of aliphatic hydroxyl groups excluding tert-OH is 1. The van der Waals surface area contributed by atoms with Gasteiger partial charge in [-0.15, -0.1) is 0 Å². The molecule has 0 saturated heterocycles. The first kappa shape index (κ1) is 14.6.